The number of benzene rings is 2. The zero-order valence-corrected chi connectivity index (χ0v) is 22.3. The molecule has 4 aromatic heterocycles. The predicted molar refractivity (Wildman–Crippen MR) is 159 cm³/mol. The first-order chi connectivity index (χ1) is 20.5. The van der Waals surface area contributed by atoms with Crippen LogP contribution in [0.2, 0.25) is 0 Å². The Labute approximate surface area is 240 Å². The van der Waals surface area contributed by atoms with E-state index in [0.29, 0.717) is 46.8 Å². The molecule has 0 spiro atoms. The maximum absolute atomic E-state index is 12.5. The number of hydrogen-bond acceptors (Lipinski definition) is 8. The Hall–Kier alpha value is -5.90. The number of phenols is 1. The molecule has 4 N–H and O–H groups in total. The molecule has 0 aliphatic heterocycles. The molecule has 0 saturated heterocycles. The van der Waals surface area contributed by atoms with E-state index < -0.39 is 0 Å². The van der Waals surface area contributed by atoms with E-state index in [2.05, 4.69) is 15.3 Å². The summed E-state index contributed by atoms with van der Waals surface area (Å²) in [6.07, 6.45) is 5.74. The number of imidazole rings is 1. The summed E-state index contributed by atoms with van der Waals surface area (Å²) in [7, 11) is 0. The van der Waals surface area contributed by atoms with Gasteiger partial charge in [-0.15, -0.1) is 0 Å². The van der Waals surface area contributed by atoms with Crippen molar-refractivity contribution in [2.24, 2.45) is 0 Å². The summed E-state index contributed by atoms with van der Waals surface area (Å²) in [6.45, 7) is 0.315. The van der Waals surface area contributed by atoms with Crippen LogP contribution >= 0.6 is 0 Å². The number of nitrogens with two attached hydrogens (primary N) is 1. The van der Waals surface area contributed by atoms with E-state index in [4.69, 9.17) is 15.7 Å². The summed E-state index contributed by atoms with van der Waals surface area (Å²) in [5, 5.41) is 12.8. The van der Waals surface area contributed by atoms with Gasteiger partial charge in [0.15, 0.2) is 17.8 Å². The SMILES string of the molecule is Nc1ncccc1-c1nc2ccc(-c3ccncc3)nc2n1-c1ccc(CNC(=O)Cc2ccc(C=O)c(O)c2)cc1. The number of nitrogens with one attached hydrogen (secondary N) is 1. The highest BCUT2D eigenvalue weighted by atomic mass is 16.3. The van der Waals surface area contributed by atoms with E-state index >= 15 is 0 Å². The third-order valence-electron chi connectivity index (χ3n) is 6.83. The molecule has 0 bridgehead atoms. The number of carbonyl (C=O) groups excluding carboxylic acids is 2. The van der Waals surface area contributed by atoms with Gasteiger partial charge in [-0.2, -0.15) is 0 Å². The molecule has 206 valence electrons. The summed E-state index contributed by atoms with van der Waals surface area (Å²) in [4.78, 5) is 41.6. The fourth-order valence-electron chi connectivity index (χ4n) is 4.68. The zero-order chi connectivity index (χ0) is 29.1. The van der Waals surface area contributed by atoms with Crippen molar-refractivity contribution in [2.75, 3.05) is 5.73 Å². The van der Waals surface area contributed by atoms with Crippen LogP contribution in [0, 0.1) is 0 Å². The molecule has 6 aromatic rings. The van der Waals surface area contributed by atoms with Crippen molar-refractivity contribution in [1.29, 1.82) is 0 Å². The Morgan fingerprint density at radius 1 is 0.929 bits per heavy atom. The van der Waals surface area contributed by atoms with Crippen molar-refractivity contribution in [3.63, 3.8) is 0 Å². The van der Waals surface area contributed by atoms with Crippen LogP contribution in [0.1, 0.15) is 21.5 Å². The van der Waals surface area contributed by atoms with Gasteiger partial charge in [-0.3, -0.25) is 19.1 Å². The second kappa shape index (κ2) is 11.3. The first-order valence-corrected chi connectivity index (χ1v) is 13.1. The third kappa shape index (κ3) is 5.28. The molecule has 4 heterocycles. The summed E-state index contributed by atoms with van der Waals surface area (Å²) in [6, 6.07) is 23.6. The first kappa shape index (κ1) is 26.3. The van der Waals surface area contributed by atoms with E-state index in [1.54, 1.807) is 24.7 Å². The molecule has 2 aromatic carbocycles. The number of phenolic OH excluding ortho intramolecular Hbond substituents is 1. The number of aldehydes is 1. The van der Waals surface area contributed by atoms with E-state index in [0.717, 1.165) is 22.5 Å². The second-order valence-corrected chi connectivity index (χ2v) is 9.61. The Morgan fingerprint density at radius 2 is 1.71 bits per heavy atom. The number of rotatable bonds is 8. The van der Waals surface area contributed by atoms with E-state index in [1.807, 2.05) is 65.2 Å². The summed E-state index contributed by atoms with van der Waals surface area (Å²) in [5.41, 5.74) is 12.5. The topological polar surface area (TPSA) is 149 Å². The van der Waals surface area contributed by atoms with Crippen molar-refractivity contribution >= 4 is 29.2 Å². The van der Waals surface area contributed by atoms with Crippen LogP contribution in [-0.2, 0) is 17.8 Å². The molecule has 10 nitrogen and oxygen atoms in total. The molecule has 10 heteroatoms. The van der Waals surface area contributed by atoms with Crippen molar-refractivity contribution in [1.82, 2.24) is 29.8 Å². The lowest BCUT2D eigenvalue weighted by Gasteiger charge is -2.12. The standard InChI is InChI=1S/C32H25N7O3/c33-30-25(2-1-13-35-30)31-38-27-10-9-26(22-11-14-34-15-12-22)37-32(27)39(31)24-7-4-20(5-8-24)18-36-29(42)17-21-3-6-23(19-40)28(41)16-21/h1-16,19,41H,17-18H2,(H2,33,35)(H,36,42). The molecule has 42 heavy (non-hydrogen) atoms. The molecule has 0 unspecified atom stereocenters. The van der Waals surface area contributed by atoms with Gasteiger partial charge in [-0.25, -0.2) is 15.0 Å². The molecule has 0 saturated carbocycles. The summed E-state index contributed by atoms with van der Waals surface area (Å²) >= 11 is 0. The molecule has 0 atom stereocenters. The summed E-state index contributed by atoms with van der Waals surface area (Å²) < 4.78 is 1.95. The van der Waals surface area contributed by atoms with Crippen LogP contribution < -0.4 is 11.1 Å². The Morgan fingerprint density at radius 3 is 2.45 bits per heavy atom. The fraction of sp³-hybridized carbons (Fsp3) is 0.0625. The van der Waals surface area contributed by atoms with Gasteiger partial charge in [0, 0.05) is 36.4 Å². The van der Waals surface area contributed by atoms with Gasteiger partial charge in [0.25, 0.3) is 0 Å². The fourth-order valence-corrected chi connectivity index (χ4v) is 4.68. The molecule has 0 fully saturated rings. The van der Waals surface area contributed by atoms with Gasteiger partial charge in [0.2, 0.25) is 5.91 Å². The number of hydrogen-bond donors (Lipinski definition) is 3. The van der Waals surface area contributed by atoms with Crippen molar-refractivity contribution in [3.8, 4) is 34.1 Å². The van der Waals surface area contributed by atoms with Crippen LogP contribution in [0.25, 0.3) is 39.5 Å². The predicted octanol–water partition coefficient (Wildman–Crippen LogP) is 4.50. The number of fused-ring (bicyclic) bond motifs is 1. The third-order valence-corrected chi connectivity index (χ3v) is 6.83. The van der Waals surface area contributed by atoms with Crippen LogP contribution in [-0.4, -0.2) is 41.8 Å². The van der Waals surface area contributed by atoms with Crippen molar-refractivity contribution < 1.29 is 14.7 Å². The van der Waals surface area contributed by atoms with E-state index in [9.17, 15) is 14.7 Å². The van der Waals surface area contributed by atoms with Gasteiger partial charge < -0.3 is 16.2 Å². The minimum absolute atomic E-state index is 0.0766. The maximum atomic E-state index is 12.5. The molecule has 0 aliphatic carbocycles. The molecule has 0 aliphatic rings. The smallest absolute Gasteiger partial charge is 0.224 e. The molecule has 1 amide bonds. The number of anilines is 1. The Balaban J connectivity index is 1.29. The van der Waals surface area contributed by atoms with Gasteiger partial charge in [-0.05, 0) is 71.8 Å². The molecular weight excluding hydrogens is 530 g/mol. The highest BCUT2D eigenvalue weighted by Gasteiger charge is 2.19. The number of carbonyl (C=O) groups is 2. The van der Waals surface area contributed by atoms with Gasteiger partial charge in [0.1, 0.15) is 17.1 Å². The number of aromatic hydroxyl groups is 1. The van der Waals surface area contributed by atoms with Gasteiger partial charge >= 0.3 is 0 Å². The van der Waals surface area contributed by atoms with E-state index in [-0.39, 0.29) is 23.6 Å². The normalized spacial score (nSPS) is 11.0. The minimum Gasteiger partial charge on any atom is -0.507 e. The average molecular weight is 556 g/mol. The number of aromatic nitrogens is 5. The largest absolute Gasteiger partial charge is 0.507 e. The number of nitrogen functional groups attached to an aromatic ring is 1. The average Bonchev–Trinajstić information content (AvgIpc) is 3.39. The number of nitrogens with zero attached hydrogens (tertiary/aromatic N) is 5. The van der Waals surface area contributed by atoms with Crippen molar-refractivity contribution in [2.45, 2.75) is 13.0 Å². The van der Waals surface area contributed by atoms with Crippen molar-refractivity contribution in [3.05, 3.63) is 114 Å². The van der Waals surface area contributed by atoms with Gasteiger partial charge in [0.05, 0.1) is 23.2 Å². The Bertz CT molecular complexity index is 1920. The van der Waals surface area contributed by atoms with E-state index in [1.165, 1.54) is 12.1 Å². The highest BCUT2D eigenvalue weighted by Crippen LogP contribution is 2.31. The molecule has 0 radical (unpaired) electrons. The quantitative estimate of drug-likeness (QED) is 0.232. The first-order valence-electron chi connectivity index (χ1n) is 13.1. The maximum Gasteiger partial charge on any atom is 0.224 e. The number of pyridine rings is 3. The lowest BCUT2D eigenvalue weighted by molar-refractivity contribution is -0.120. The van der Waals surface area contributed by atoms with Crippen LogP contribution in [0.5, 0.6) is 5.75 Å². The van der Waals surface area contributed by atoms with Crippen LogP contribution in [0.4, 0.5) is 5.82 Å². The van der Waals surface area contributed by atoms with Gasteiger partial charge in [-0.1, -0.05) is 18.2 Å². The zero-order valence-electron chi connectivity index (χ0n) is 22.3. The Kier molecular flexibility index (Phi) is 7.08. The number of amides is 1. The lowest BCUT2D eigenvalue weighted by Crippen LogP contribution is -2.24. The van der Waals surface area contributed by atoms with Crippen LogP contribution in [0.15, 0.2) is 97.5 Å². The lowest BCUT2D eigenvalue weighted by atomic mass is 10.1. The van der Waals surface area contributed by atoms with Crippen LogP contribution in [0.3, 0.4) is 0 Å². The molecule has 6 rings (SSSR count). The molecular formula is C32H25N7O3. The minimum atomic E-state index is -0.208. The highest BCUT2D eigenvalue weighted by molar-refractivity contribution is 5.85. The second-order valence-electron chi connectivity index (χ2n) is 9.61. The summed E-state index contributed by atoms with van der Waals surface area (Å²) in [5.74, 6) is 0.615. The monoisotopic (exact) mass is 555 g/mol.